The Kier molecular flexibility index (Phi) is 3.85. The molecule has 0 fully saturated rings. The fourth-order valence-corrected chi connectivity index (χ4v) is 2.29. The molecule has 0 bridgehead atoms. The fraction of sp³-hybridized carbons (Fsp3) is 0. The highest BCUT2D eigenvalue weighted by Gasteiger charge is 1.98. The van der Waals surface area contributed by atoms with Crippen molar-refractivity contribution in [3.8, 4) is 0 Å². The molecule has 80 valence electrons. The fourth-order valence-electron chi connectivity index (χ4n) is 1.17. The first-order chi connectivity index (χ1) is 7.75. The van der Waals surface area contributed by atoms with E-state index in [-0.39, 0.29) is 0 Å². The normalized spacial score (nSPS) is 10.9. The molecule has 16 heavy (non-hydrogen) atoms. The second-order valence-electron chi connectivity index (χ2n) is 3.13. The molecule has 0 saturated heterocycles. The van der Waals surface area contributed by atoms with Crippen molar-refractivity contribution in [3.05, 3.63) is 57.5 Å². The van der Waals surface area contributed by atoms with E-state index in [9.17, 15) is 0 Å². The molecule has 0 unspecified atom stereocenters. The van der Waals surface area contributed by atoms with E-state index in [1.807, 2.05) is 48.5 Å². The highest BCUT2D eigenvalue weighted by atomic mass is 79.9. The standard InChI is InChI=1S/C12H8Br2N2/c13-9-6-7-12(11(14)8-9)16-15-10-4-2-1-3-5-10/h1-8H. The van der Waals surface area contributed by atoms with Crippen molar-refractivity contribution in [1.82, 2.24) is 0 Å². The molecule has 0 aliphatic heterocycles. The van der Waals surface area contributed by atoms with Crippen molar-refractivity contribution < 1.29 is 0 Å². The zero-order valence-electron chi connectivity index (χ0n) is 8.27. The highest BCUT2D eigenvalue weighted by molar-refractivity contribution is 9.11. The molecule has 0 aliphatic rings. The molecule has 2 aromatic carbocycles. The summed E-state index contributed by atoms with van der Waals surface area (Å²) in [5.41, 5.74) is 1.66. The lowest BCUT2D eigenvalue weighted by molar-refractivity contribution is 1.22. The van der Waals surface area contributed by atoms with Gasteiger partial charge in [0.05, 0.1) is 11.4 Å². The Morgan fingerprint density at radius 1 is 0.812 bits per heavy atom. The molecule has 0 spiro atoms. The number of rotatable bonds is 2. The van der Waals surface area contributed by atoms with E-state index >= 15 is 0 Å². The lowest BCUT2D eigenvalue weighted by Gasteiger charge is -1.97. The van der Waals surface area contributed by atoms with E-state index in [0.29, 0.717) is 0 Å². The predicted octanol–water partition coefficient (Wildman–Crippen LogP) is 5.63. The highest BCUT2D eigenvalue weighted by Crippen LogP contribution is 2.29. The summed E-state index contributed by atoms with van der Waals surface area (Å²) in [6, 6.07) is 15.4. The molecule has 2 aromatic rings. The van der Waals surface area contributed by atoms with Gasteiger partial charge in [-0.05, 0) is 46.3 Å². The summed E-state index contributed by atoms with van der Waals surface area (Å²) >= 11 is 6.83. The van der Waals surface area contributed by atoms with Crippen molar-refractivity contribution >= 4 is 43.2 Å². The van der Waals surface area contributed by atoms with Gasteiger partial charge in [-0.1, -0.05) is 34.1 Å². The molecule has 0 amide bonds. The molecule has 0 saturated carbocycles. The average molecular weight is 340 g/mol. The smallest absolute Gasteiger partial charge is 0.0999 e. The topological polar surface area (TPSA) is 24.7 Å². The number of halogens is 2. The van der Waals surface area contributed by atoms with Gasteiger partial charge in [0, 0.05) is 8.95 Å². The second-order valence-corrected chi connectivity index (χ2v) is 4.90. The van der Waals surface area contributed by atoms with Crippen LogP contribution in [-0.4, -0.2) is 0 Å². The van der Waals surface area contributed by atoms with Crippen LogP contribution in [0.4, 0.5) is 11.4 Å². The van der Waals surface area contributed by atoms with Gasteiger partial charge in [-0.25, -0.2) is 0 Å². The van der Waals surface area contributed by atoms with Crippen LogP contribution in [0, 0.1) is 0 Å². The Hall–Kier alpha value is -1.00. The number of azo groups is 1. The number of nitrogens with zero attached hydrogens (tertiary/aromatic N) is 2. The van der Waals surface area contributed by atoms with E-state index < -0.39 is 0 Å². The van der Waals surface area contributed by atoms with Gasteiger partial charge in [0.2, 0.25) is 0 Å². The maximum Gasteiger partial charge on any atom is 0.0999 e. The quantitative estimate of drug-likeness (QED) is 0.634. The summed E-state index contributed by atoms with van der Waals surface area (Å²) in [7, 11) is 0. The first-order valence-electron chi connectivity index (χ1n) is 4.67. The third-order valence-electron chi connectivity index (χ3n) is 1.94. The SMILES string of the molecule is Brc1ccc(N=Nc2ccccc2)c(Br)c1. The molecular formula is C12H8Br2N2. The Morgan fingerprint density at radius 3 is 2.25 bits per heavy atom. The second kappa shape index (κ2) is 5.37. The molecule has 4 heteroatoms. The van der Waals surface area contributed by atoms with Crippen LogP contribution in [0.15, 0.2) is 67.7 Å². The van der Waals surface area contributed by atoms with E-state index in [1.54, 1.807) is 0 Å². The Morgan fingerprint density at radius 2 is 1.56 bits per heavy atom. The van der Waals surface area contributed by atoms with Crippen LogP contribution in [-0.2, 0) is 0 Å². The molecule has 2 rings (SSSR count). The van der Waals surface area contributed by atoms with Crippen LogP contribution in [0.25, 0.3) is 0 Å². The van der Waals surface area contributed by atoms with Gasteiger partial charge in [0.25, 0.3) is 0 Å². The first-order valence-corrected chi connectivity index (χ1v) is 6.26. The van der Waals surface area contributed by atoms with Crippen LogP contribution in [0.3, 0.4) is 0 Å². The van der Waals surface area contributed by atoms with Crippen LogP contribution < -0.4 is 0 Å². The van der Waals surface area contributed by atoms with Gasteiger partial charge in [0.15, 0.2) is 0 Å². The lowest BCUT2D eigenvalue weighted by Crippen LogP contribution is -1.69. The minimum atomic E-state index is 0.812. The van der Waals surface area contributed by atoms with Gasteiger partial charge in [-0.15, -0.1) is 5.11 Å². The number of hydrogen-bond donors (Lipinski definition) is 0. The van der Waals surface area contributed by atoms with E-state index in [2.05, 4.69) is 42.1 Å². The summed E-state index contributed by atoms with van der Waals surface area (Å²) in [5, 5.41) is 8.32. The van der Waals surface area contributed by atoms with Crippen LogP contribution in [0.2, 0.25) is 0 Å². The third-order valence-corrected chi connectivity index (χ3v) is 3.07. The average Bonchev–Trinajstić information content (AvgIpc) is 2.29. The molecule has 0 heterocycles. The van der Waals surface area contributed by atoms with E-state index in [4.69, 9.17) is 0 Å². The van der Waals surface area contributed by atoms with Crippen LogP contribution in [0.5, 0.6) is 0 Å². The van der Waals surface area contributed by atoms with Crippen molar-refractivity contribution in [1.29, 1.82) is 0 Å². The maximum atomic E-state index is 4.17. The van der Waals surface area contributed by atoms with Gasteiger partial charge in [0.1, 0.15) is 0 Å². The molecule has 0 aliphatic carbocycles. The molecule has 0 atom stereocenters. The molecule has 2 nitrogen and oxygen atoms in total. The van der Waals surface area contributed by atoms with Crippen molar-refractivity contribution in [2.75, 3.05) is 0 Å². The minimum Gasteiger partial charge on any atom is -0.151 e. The summed E-state index contributed by atoms with van der Waals surface area (Å²) in [5.74, 6) is 0. The minimum absolute atomic E-state index is 0.812. The molecular weight excluding hydrogens is 332 g/mol. The van der Waals surface area contributed by atoms with Crippen LogP contribution in [0.1, 0.15) is 0 Å². The Balaban J connectivity index is 2.24. The van der Waals surface area contributed by atoms with Gasteiger partial charge in [-0.3, -0.25) is 0 Å². The molecule has 0 radical (unpaired) electrons. The van der Waals surface area contributed by atoms with Gasteiger partial charge < -0.3 is 0 Å². The summed E-state index contributed by atoms with van der Waals surface area (Å²) in [6.45, 7) is 0. The summed E-state index contributed by atoms with van der Waals surface area (Å²) < 4.78 is 1.93. The maximum absolute atomic E-state index is 4.17. The van der Waals surface area contributed by atoms with Crippen molar-refractivity contribution in [3.63, 3.8) is 0 Å². The van der Waals surface area contributed by atoms with Crippen LogP contribution >= 0.6 is 31.9 Å². The van der Waals surface area contributed by atoms with E-state index in [0.717, 1.165) is 20.3 Å². The van der Waals surface area contributed by atoms with Crippen molar-refractivity contribution in [2.45, 2.75) is 0 Å². The third kappa shape index (κ3) is 3.00. The summed E-state index contributed by atoms with van der Waals surface area (Å²) in [6.07, 6.45) is 0. The number of benzene rings is 2. The monoisotopic (exact) mass is 338 g/mol. The Labute approximate surface area is 111 Å². The van der Waals surface area contributed by atoms with E-state index in [1.165, 1.54) is 0 Å². The largest absolute Gasteiger partial charge is 0.151 e. The van der Waals surface area contributed by atoms with Gasteiger partial charge >= 0.3 is 0 Å². The van der Waals surface area contributed by atoms with Crippen molar-refractivity contribution in [2.24, 2.45) is 10.2 Å². The summed E-state index contributed by atoms with van der Waals surface area (Å²) in [4.78, 5) is 0. The zero-order valence-corrected chi connectivity index (χ0v) is 11.4. The first kappa shape index (κ1) is 11.5. The predicted molar refractivity (Wildman–Crippen MR) is 72.5 cm³/mol. The molecule has 0 N–H and O–H groups in total. The molecule has 0 aromatic heterocycles. The lowest BCUT2D eigenvalue weighted by atomic mass is 10.3. The number of hydrogen-bond acceptors (Lipinski definition) is 2. The zero-order chi connectivity index (χ0) is 11.4. The Bertz CT molecular complexity index is 510. The van der Waals surface area contributed by atoms with Gasteiger partial charge in [-0.2, -0.15) is 5.11 Å².